The molecule has 6 heteroatoms. The molecule has 0 spiro atoms. The van der Waals surface area contributed by atoms with E-state index in [1.54, 1.807) is 26.2 Å². The molecule has 0 radical (unpaired) electrons. The number of likely N-dealkylation sites (tertiary alicyclic amines) is 2. The van der Waals surface area contributed by atoms with E-state index in [0.717, 1.165) is 54.3 Å². The summed E-state index contributed by atoms with van der Waals surface area (Å²) in [6.07, 6.45) is 1.87. The lowest BCUT2D eigenvalue weighted by molar-refractivity contribution is -0.130. The molecule has 1 aromatic carbocycles. The summed E-state index contributed by atoms with van der Waals surface area (Å²) in [5, 5.41) is 0. The van der Waals surface area contributed by atoms with Crippen LogP contribution in [0.25, 0.3) is 0 Å². The van der Waals surface area contributed by atoms with Crippen molar-refractivity contribution in [3.63, 3.8) is 0 Å². The van der Waals surface area contributed by atoms with E-state index in [2.05, 4.69) is 16.8 Å². The van der Waals surface area contributed by atoms with Gasteiger partial charge in [-0.15, -0.1) is 0 Å². The molecule has 3 heterocycles. The van der Waals surface area contributed by atoms with Crippen LogP contribution in [-0.2, 0) is 11.3 Å². The number of amides is 1. The van der Waals surface area contributed by atoms with Crippen LogP contribution in [0.4, 0.5) is 4.39 Å². The highest BCUT2D eigenvalue weighted by atomic mass is 19.1. The molecule has 0 aliphatic carbocycles. The molecule has 2 aliphatic rings. The number of benzene rings is 1. The topological polar surface area (TPSA) is 45.7 Å². The predicted octanol–water partition coefficient (Wildman–Crippen LogP) is 3.50. The normalized spacial score (nSPS) is 24.0. The number of nitrogens with zero attached hydrogens (tertiary/aromatic N) is 3. The van der Waals surface area contributed by atoms with Crippen LogP contribution in [0.1, 0.15) is 35.3 Å². The first kappa shape index (κ1) is 19.8. The van der Waals surface area contributed by atoms with Crippen LogP contribution in [0.5, 0.6) is 5.75 Å². The maximum atomic E-state index is 13.9. The molecule has 0 N–H and O–H groups in total. The molecule has 5 nitrogen and oxygen atoms in total. The molecule has 1 aromatic heterocycles. The molecule has 0 bridgehead atoms. The third-order valence-electron chi connectivity index (χ3n) is 6.46. The van der Waals surface area contributed by atoms with Gasteiger partial charge >= 0.3 is 0 Å². The number of carbonyl (C=O) groups excluding carboxylic acids is 1. The average Bonchev–Trinajstić information content (AvgIpc) is 3.21. The Balaban J connectivity index is 1.56. The summed E-state index contributed by atoms with van der Waals surface area (Å²) in [5.41, 5.74) is 4.03. The first-order valence-corrected chi connectivity index (χ1v) is 10.1. The van der Waals surface area contributed by atoms with Crippen molar-refractivity contribution < 1.29 is 13.9 Å². The largest absolute Gasteiger partial charge is 0.496 e. The van der Waals surface area contributed by atoms with E-state index >= 15 is 0 Å². The molecular weight excluding hydrogens is 369 g/mol. The van der Waals surface area contributed by atoms with Crippen LogP contribution in [-0.4, -0.2) is 47.4 Å². The van der Waals surface area contributed by atoms with Crippen molar-refractivity contribution in [2.24, 2.45) is 11.8 Å². The molecule has 2 saturated heterocycles. The van der Waals surface area contributed by atoms with Crippen LogP contribution >= 0.6 is 0 Å². The SMILES string of the molecule is COc1c(C)cnc(CN2C[C@@H]3CN(C(C)=O)[C@@H](c4cccc(F)c4)[C@@H]3C2)c1C. The van der Waals surface area contributed by atoms with Crippen molar-refractivity contribution in [1.29, 1.82) is 0 Å². The molecule has 2 aromatic rings. The Kier molecular flexibility index (Phi) is 5.30. The summed E-state index contributed by atoms with van der Waals surface area (Å²) < 4.78 is 19.4. The number of methoxy groups -OCH3 is 1. The summed E-state index contributed by atoms with van der Waals surface area (Å²) in [5.74, 6) is 1.39. The fraction of sp³-hybridized carbons (Fsp3) is 0.478. The Morgan fingerprint density at radius 3 is 2.76 bits per heavy atom. The lowest BCUT2D eigenvalue weighted by Gasteiger charge is -2.29. The minimum Gasteiger partial charge on any atom is -0.496 e. The standard InChI is InChI=1S/C23H28FN3O2/c1-14-9-25-21(15(2)23(14)29-4)13-26-10-18-11-27(16(3)28)22(20(18)12-26)17-6-5-7-19(24)8-17/h5-9,18,20,22H,10-13H2,1-4H3/t18-,20-,22+/m1/s1. The van der Waals surface area contributed by atoms with E-state index in [-0.39, 0.29) is 17.8 Å². The van der Waals surface area contributed by atoms with Gasteiger partial charge in [-0.05, 0) is 37.5 Å². The van der Waals surface area contributed by atoms with Gasteiger partial charge in [0.1, 0.15) is 11.6 Å². The second kappa shape index (κ2) is 7.75. The second-order valence-electron chi connectivity index (χ2n) is 8.34. The highest BCUT2D eigenvalue weighted by molar-refractivity contribution is 5.74. The van der Waals surface area contributed by atoms with Gasteiger partial charge in [0.2, 0.25) is 5.91 Å². The minimum atomic E-state index is -0.254. The summed E-state index contributed by atoms with van der Waals surface area (Å²) in [4.78, 5) is 21.2. The fourth-order valence-corrected chi connectivity index (χ4v) is 5.15. The van der Waals surface area contributed by atoms with Crippen molar-refractivity contribution in [3.8, 4) is 5.75 Å². The number of rotatable bonds is 4. The van der Waals surface area contributed by atoms with Crippen LogP contribution in [0.3, 0.4) is 0 Å². The van der Waals surface area contributed by atoms with Gasteiger partial charge in [-0.25, -0.2) is 4.39 Å². The van der Waals surface area contributed by atoms with Gasteiger partial charge in [0.05, 0.1) is 18.8 Å². The Bertz CT molecular complexity index is 932. The number of carbonyl (C=O) groups is 1. The number of aryl methyl sites for hydroxylation is 1. The summed E-state index contributed by atoms with van der Waals surface area (Å²) in [7, 11) is 1.69. The smallest absolute Gasteiger partial charge is 0.219 e. The van der Waals surface area contributed by atoms with E-state index in [1.807, 2.05) is 24.1 Å². The fourth-order valence-electron chi connectivity index (χ4n) is 5.15. The molecule has 29 heavy (non-hydrogen) atoms. The zero-order valence-electron chi connectivity index (χ0n) is 17.5. The van der Waals surface area contributed by atoms with E-state index in [0.29, 0.717) is 11.8 Å². The number of aromatic nitrogens is 1. The monoisotopic (exact) mass is 397 g/mol. The lowest BCUT2D eigenvalue weighted by Crippen LogP contribution is -2.34. The zero-order valence-corrected chi connectivity index (χ0v) is 17.5. The maximum absolute atomic E-state index is 13.9. The Morgan fingerprint density at radius 1 is 1.28 bits per heavy atom. The van der Waals surface area contributed by atoms with Crippen LogP contribution in [0.15, 0.2) is 30.5 Å². The van der Waals surface area contributed by atoms with Gasteiger partial charge in [0.25, 0.3) is 0 Å². The number of ether oxygens (including phenoxy) is 1. The highest BCUT2D eigenvalue weighted by Gasteiger charge is 2.48. The zero-order chi connectivity index (χ0) is 20.7. The molecule has 0 unspecified atom stereocenters. The molecule has 154 valence electrons. The van der Waals surface area contributed by atoms with Crippen LogP contribution in [0.2, 0.25) is 0 Å². The first-order valence-electron chi connectivity index (χ1n) is 10.1. The summed E-state index contributed by atoms with van der Waals surface area (Å²) >= 11 is 0. The van der Waals surface area contributed by atoms with Gasteiger partial charge in [-0.1, -0.05) is 12.1 Å². The number of halogens is 1. The molecule has 2 aliphatic heterocycles. The predicted molar refractivity (Wildman–Crippen MR) is 109 cm³/mol. The van der Waals surface area contributed by atoms with Crippen molar-refractivity contribution in [2.45, 2.75) is 33.4 Å². The molecule has 1 amide bonds. The van der Waals surface area contributed by atoms with Gasteiger partial charge < -0.3 is 9.64 Å². The Labute approximate surface area is 171 Å². The average molecular weight is 397 g/mol. The van der Waals surface area contributed by atoms with E-state index < -0.39 is 0 Å². The highest BCUT2D eigenvalue weighted by Crippen LogP contribution is 2.45. The van der Waals surface area contributed by atoms with Crippen LogP contribution < -0.4 is 4.74 Å². The van der Waals surface area contributed by atoms with E-state index in [4.69, 9.17) is 4.74 Å². The number of fused-ring (bicyclic) bond motifs is 1. The third kappa shape index (κ3) is 3.62. The first-order chi connectivity index (χ1) is 13.9. The molecule has 0 saturated carbocycles. The van der Waals surface area contributed by atoms with Crippen molar-refractivity contribution in [3.05, 3.63) is 58.7 Å². The summed E-state index contributed by atoms with van der Waals surface area (Å²) in [6.45, 7) is 8.93. The number of pyridine rings is 1. The Hall–Kier alpha value is -2.47. The van der Waals surface area contributed by atoms with E-state index in [1.165, 1.54) is 6.07 Å². The second-order valence-corrected chi connectivity index (χ2v) is 8.34. The minimum absolute atomic E-state index is 0.0565. The third-order valence-corrected chi connectivity index (χ3v) is 6.46. The molecule has 3 atom stereocenters. The molecule has 2 fully saturated rings. The van der Waals surface area contributed by atoms with Gasteiger partial charge in [0, 0.05) is 56.3 Å². The number of hydrogen-bond donors (Lipinski definition) is 0. The van der Waals surface area contributed by atoms with Crippen molar-refractivity contribution in [2.75, 3.05) is 26.7 Å². The summed E-state index contributed by atoms with van der Waals surface area (Å²) in [6, 6.07) is 6.62. The van der Waals surface area contributed by atoms with Gasteiger partial charge in [-0.3, -0.25) is 14.7 Å². The molecular formula is C23H28FN3O2. The lowest BCUT2D eigenvalue weighted by atomic mass is 9.89. The maximum Gasteiger partial charge on any atom is 0.219 e. The van der Waals surface area contributed by atoms with Gasteiger partial charge in [0.15, 0.2) is 0 Å². The number of hydrogen-bond acceptors (Lipinski definition) is 4. The van der Waals surface area contributed by atoms with Crippen molar-refractivity contribution in [1.82, 2.24) is 14.8 Å². The molecule has 4 rings (SSSR count). The van der Waals surface area contributed by atoms with Crippen LogP contribution in [0, 0.1) is 31.5 Å². The van der Waals surface area contributed by atoms with E-state index in [9.17, 15) is 9.18 Å². The van der Waals surface area contributed by atoms with Gasteiger partial charge in [-0.2, -0.15) is 0 Å². The Morgan fingerprint density at radius 2 is 2.07 bits per heavy atom. The van der Waals surface area contributed by atoms with Crippen molar-refractivity contribution >= 4 is 5.91 Å². The quantitative estimate of drug-likeness (QED) is 0.792.